The molecule has 0 atom stereocenters. The molecule has 2 rings (SSSR count). The van der Waals surface area contributed by atoms with Crippen LogP contribution in [0.2, 0.25) is 5.02 Å². The van der Waals surface area contributed by atoms with Gasteiger partial charge in [0.05, 0.1) is 5.02 Å². The Kier molecular flexibility index (Phi) is 3.75. The smallest absolute Gasteiger partial charge is 0.142 e. The van der Waals surface area contributed by atoms with Gasteiger partial charge in [0.1, 0.15) is 29.9 Å². The van der Waals surface area contributed by atoms with Gasteiger partial charge in [-0.15, -0.1) is 0 Å². The van der Waals surface area contributed by atoms with Gasteiger partial charge in [0.2, 0.25) is 0 Å². The molecule has 0 fully saturated rings. The van der Waals surface area contributed by atoms with E-state index in [4.69, 9.17) is 21.6 Å². The number of aromatic nitrogens is 1. The minimum absolute atomic E-state index is 0.0138. The summed E-state index contributed by atoms with van der Waals surface area (Å²) in [6.45, 7) is 0.263. The number of halogens is 2. The van der Waals surface area contributed by atoms with Crippen LogP contribution in [0.4, 0.5) is 4.39 Å². The Labute approximate surface area is 108 Å². The molecule has 0 radical (unpaired) electrons. The average Bonchev–Trinajstić information content (AvgIpc) is 2.40. The van der Waals surface area contributed by atoms with E-state index in [1.807, 2.05) is 6.07 Å². The van der Waals surface area contributed by atoms with Gasteiger partial charge in [-0.2, -0.15) is 5.26 Å². The maximum atomic E-state index is 12.9. The molecular weight excluding hydrogens is 255 g/mol. The van der Waals surface area contributed by atoms with Crippen molar-refractivity contribution in [3.05, 3.63) is 58.6 Å². The predicted molar refractivity (Wildman–Crippen MR) is 64.7 cm³/mol. The molecule has 0 saturated carbocycles. The summed E-state index contributed by atoms with van der Waals surface area (Å²) < 4.78 is 18.4. The summed E-state index contributed by atoms with van der Waals surface area (Å²) in [6.07, 6.45) is 1.54. The Bertz CT molecular complexity index is 610. The summed E-state index contributed by atoms with van der Waals surface area (Å²) >= 11 is 5.64. The second kappa shape index (κ2) is 5.48. The number of benzene rings is 1. The van der Waals surface area contributed by atoms with E-state index in [1.165, 1.54) is 24.4 Å². The molecule has 3 nitrogen and oxygen atoms in total. The molecule has 0 unspecified atom stereocenters. The SMILES string of the molecule is N#Cc1cc(COc2ccc(F)c(Cl)c2)ccn1. The minimum atomic E-state index is -0.486. The van der Waals surface area contributed by atoms with Gasteiger partial charge in [-0.05, 0) is 29.8 Å². The van der Waals surface area contributed by atoms with Crippen LogP contribution in [0.5, 0.6) is 5.75 Å². The van der Waals surface area contributed by atoms with Crippen LogP contribution in [0.1, 0.15) is 11.3 Å². The van der Waals surface area contributed by atoms with Crippen LogP contribution in [0.15, 0.2) is 36.5 Å². The third-order valence-electron chi connectivity index (χ3n) is 2.24. The number of rotatable bonds is 3. The van der Waals surface area contributed by atoms with Crippen molar-refractivity contribution in [2.24, 2.45) is 0 Å². The lowest BCUT2D eigenvalue weighted by Gasteiger charge is -2.06. The molecule has 0 amide bonds. The average molecular weight is 263 g/mol. The molecule has 1 heterocycles. The molecule has 1 aromatic carbocycles. The number of hydrogen-bond donors (Lipinski definition) is 0. The molecule has 0 aliphatic rings. The van der Waals surface area contributed by atoms with Gasteiger partial charge >= 0.3 is 0 Å². The van der Waals surface area contributed by atoms with Crippen molar-refractivity contribution >= 4 is 11.6 Å². The first-order valence-corrected chi connectivity index (χ1v) is 5.50. The quantitative estimate of drug-likeness (QED) is 0.852. The molecular formula is C13H8ClFN2O. The summed E-state index contributed by atoms with van der Waals surface area (Å²) in [6, 6.07) is 9.46. The van der Waals surface area contributed by atoms with Crippen molar-refractivity contribution in [2.75, 3.05) is 0 Å². The first-order chi connectivity index (χ1) is 8.69. The van der Waals surface area contributed by atoms with Crippen LogP contribution in [-0.2, 0) is 6.61 Å². The summed E-state index contributed by atoms with van der Waals surface area (Å²) in [5, 5.41) is 8.72. The van der Waals surface area contributed by atoms with E-state index in [9.17, 15) is 4.39 Å². The van der Waals surface area contributed by atoms with E-state index in [0.29, 0.717) is 11.4 Å². The number of nitrogens with zero attached hydrogens (tertiary/aromatic N) is 2. The van der Waals surface area contributed by atoms with Crippen molar-refractivity contribution < 1.29 is 9.13 Å². The summed E-state index contributed by atoms with van der Waals surface area (Å²) in [5.74, 6) is -0.0172. The topological polar surface area (TPSA) is 45.9 Å². The fourth-order valence-corrected chi connectivity index (χ4v) is 1.53. The first-order valence-electron chi connectivity index (χ1n) is 5.12. The highest BCUT2D eigenvalue weighted by atomic mass is 35.5. The molecule has 90 valence electrons. The Morgan fingerprint density at radius 2 is 2.17 bits per heavy atom. The molecule has 0 bridgehead atoms. The monoisotopic (exact) mass is 262 g/mol. The lowest BCUT2D eigenvalue weighted by atomic mass is 10.2. The highest BCUT2D eigenvalue weighted by Gasteiger charge is 2.02. The summed E-state index contributed by atoms with van der Waals surface area (Å²) in [5.41, 5.74) is 1.13. The molecule has 0 saturated heterocycles. The van der Waals surface area contributed by atoms with E-state index in [2.05, 4.69) is 4.98 Å². The van der Waals surface area contributed by atoms with Gasteiger partial charge < -0.3 is 4.74 Å². The van der Waals surface area contributed by atoms with Gasteiger partial charge in [0.15, 0.2) is 0 Å². The highest BCUT2D eigenvalue weighted by Crippen LogP contribution is 2.21. The summed E-state index contributed by atoms with van der Waals surface area (Å²) in [7, 11) is 0. The van der Waals surface area contributed by atoms with Crippen LogP contribution in [0, 0.1) is 17.1 Å². The zero-order valence-electron chi connectivity index (χ0n) is 9.23. The van der Waals surface area contributed by atoms with Crippen molar-refractivity contribution in [1.29, 1.82) is 5.26 Å². The fraction of sp³-hybridized carbons (Fsp3) is 0.0769. The van der Waals surface area contributed by atoms with Crippen LogP contribution in [-0.4, -0.2) is 4.98 Å². The molecule has 18 heavy (non-hydrogen) atoms. The maximum absolute atomic E-state index is 12.9. The van der Waals surface area contributed by atoms with E-state index >= 15 is 0 Å². The van der Waals surface area contributed by atoms with Crippen molar-refractivity contribution in [2.45, 2.75) is 6.61 Å². The van der Waals surface area contributed by atoms with E-state index in [1.54, 1.807) is 12.1 Å². The largest absolute Gasteiger partial charge is 0.489 e. The maximum Gasteiger partial charge on any atom is 0.142 e. The van der Waals surface area contributed by atoms with Crippen LogP contribution in [0.25, 0.3) is 0 Å². The number of pyridine rings is 1. The predicted octanol–water partition coefficient (Wildman–Crippen LogP) is 3.32. The minimum Gasteiger partial charge on any atom is -0.489 e. The number of hydrogen-bond acceptors (Lipinski definition) is 3. The zero-order chi connectivity index (χ0) is 13.0. The second-order valence-electron chi connectivity index (χ2n) is 3.53. The first kappa shape index (κ1) is 12.3. The molecule has 0 spiro atoms. The Balaban J connectivity index is 2.07. The van der Waals surface area contributed by atoms with E-state index < -0.39 is 5.82 Å². The normalized spacial score (nSPS) is 9.83. The second-order valence-corrected chi connectivity index (χ2v) is 3.93. The Hall–Kier alpha value is -2.12. The van der Waals surface area contributed by atoms with Crippen molar-refractivity contribution in [1.82, 2.24) is 4.98 Å². The van der Waals surface area contributed by atoms with Gasteiger partial charge in [0, 0.05) is 12.3 Å². The number of ether oxygens (including phenoxy) is 1. The fourth-order valence-electron chi connectivity index (χ4n) is 1.36. The van der Waals surface area contributed by atoms with Crippen LogP contribution < -0.4 is 4.74 Å². The van der Waals surface area contributed by atoms with E-state index in [0.717, 1.165) is 5.56 Å². The molecule has 0 aliphatic heterocycles. The zero-order valence-corrected chi connectivity index (χ0v) is 9.99. The standard InChI is InChI=1S/C13H8ClFN2O/c14-12-6-11(1-2-13(12)15)18-8-9-3-4-17-10(5-9)7-16/h1-6H,8H2. The molecule has 5 heteroatoms. The van der Waals surface area contributed by atoms with Crippen molar-refractivity contribution in [3.8, 4) is 11.8 Å². The Morgan fingerprint density at radius 3 is 2.89 bits per heavy atom. The van der Waals surface area contributed by atoms with Gasteiger partial charge in [-0.3, -0.25) is 0 Å². The molecule has 2 aromatic rings. The summed E-state index contributed by atoms with van der Waals surface area (Å²) in [4.78, 5) is 3.85. The molecule has 1 aromatic heterocycles. The molecule has 0 aliphatic carbocycles. The third-order valence-corrected chi connectivity index (χ3v) is 2.53. The van der Waals surface area contributed by atoms with Crippen LogP contribution >= 0.6 is 11.6 Å². The lowest BCUT2D eigenvalue weighted by Crippen LogP contribution is -1.97. The Morgan fingerprint density at radius 1 is 1.33 bits per heavy atom. The van der Waals surface area contributed by atoms with E-state index in [-0.39, 0.29) is 11.6 Å². The van der Waals surface area contributed by atoms with Gasteiger partial charge in [-0.25, -0.2) is 9.37 Å². The van der Waals surface area contributed by atoms with Gasteiger partial charge in [0.25, 0.3) is 0 Å². The molecule has 0 N–H and O–H groups in total. The third kappa shape index (κ3) is 2.96. The van der Waals surface area contributed by atoms with Gasteiger partial charge in [-0.1, -0.05) is 11.6 Å². The van der Waals surface area contributed by atoms with Crippen LogP contribution in [0.3, 0.4) is 0 Å². The lowest BCUT2D eigenvalue weighted by molar-refractivity contribution is 0.305. The van der Waals surface area contributed by atoms with Crippen molar-refractivity contribution in [3.63, 3.8) is 0 Å². The number of nitriles is 1. The highest BCUT2D eigenvalue weighted by molar-refractivity contribution is 6.30.